The van der Waals surface area contributed by atoms with Crippen molar-refractivity contribution in [2.45, 2.75) is 51.9 Å². The summed E-state index contributed by atoms with van der Waals surface area (Å²) in [5.74, 6) is 2.53. The molecule has 2 fully saturated rings. The number of carbonyl (C=O) groups is 2. The van der Waals surface area contributed by atoms with E-state index in [1.807, 2.05) is 30.3 Å². The lowest BCUT2D eigenvalue weighted by Crippen LogP contribution is -2.39. The maximum Gasteiger partial charge on any atom is 0.303 e. The van der Waals surface area contributed by atoms with Crippen LogP contribution in [-0.2, 0) is 4.79 Å². The standard InChI is InChI=1S/C35H44N4O6/c1-23(2)21-39(32-19-28(44-4)10-14-36-32)35(42)29-8-7-27(43-3)18-31(29)38-15-11-24(12-16-38)22-45-33-17-26(9-13-37-33)30(20-34(40)41)25-5-6-25/h7-10,13-14,17-19,23-25,30H,5-6,11-12,15-16,20-22H2,1-4H3,(H,40,41). The van der Waals surface area contributed by atoms with Crippen LogP contribution in [-0.4, -0.2) is 67.4 Å². The topological polar surface area (TPSA) is 114 Å². The van der Waals surface area contributed by atoms with Crippen LogP contribution in [0.2, 0.25) is 0 Å². The van der Waals surface area contributed by atoms with E-state index in [0.717, 1.165) is 50.0 Å². The molecule has 1 aliphatic heterocycles. The molecule has 1 aliphatic carbocycles. The summed E-state index contributed by atoms with van der Waals surface area (Å²) in [4.78, 5) is 38.5. The monoisotopic (exact) mass is 616 g/mol. The summed E-state index contributed by atoms with van der Waals surface area (Å²) in [7, 11) is 3.23. The molecule has 1 atom stereocenters. The minimum absolute atomic E-state index is 0.00650. The Morgan fingerprint density at radius 1 is 0.956 bits per heavy atom. The molecule has 3 heterocycles. The second-order valence-corrected chi connectivity index (χ2v) is 12.5. The van der Waals surface area contributed by atoms with Gasteiger partial charge in [0.05, 0.1) is 38.5 Å². The van der Waals surface area contributed by atoms with Crippen molar-refractivity contribution in [2.75, 3.05) is 50.3 Å². The van der Waals surface area contributed by atoms with Gasteiger partial charge in [-0.15, -0.1) is 0 Å². The van der Waals surface area contributed by atoms with Crippen LogP contribution in [0.3, 0.4) is 0 Å². The summed E-state index contributed by atoms with van der Waals surface area (Å²) in [6, 6.07) is 13.0. The first-order chi connectivity index (χ1) is 21.7. The Balaban J connectivity index is 1.27. The lowest BCUT2D eigenvalue weighted by molar-refractivity contribution is -0.137. The Hall–Kier alpha value is -4.34. The molecule has 1 aromatic carbocycles. The Labute approximate surface area is 265 Å². The number of amides is 1. The van der Waals surface area contributed by atoms with Crippen molar-refractivity contribution in [2.24, 2.45) is 17.8 Å². The lowest BCUT2D eigenvalue weighted by Gasteiger charge is -2.35. The van der Waals surface area contributed by atoms with Crippen molar-refractivity contribution in [1.82, 2.24) is 9.97 Å². The number of hydrogen-bond acceptors (Lipinski definition) is 8. The quantitative estimate of drug-likeness (QED) is 0.231. The second kappa shape index (κ2) is 14.6. The number of aromatic nitrogens is 2. The molecule has 240 valence electrons. The van der Waals surface area contributed by atoms with Crippen LogP contribution in [0.1, 0.15) is 67.8 Å². The molecule has 2 aromatic heterocycles. The third-order valence-corrected chi connectivity index (χ3v) is 8.65. The predicted molar refractivity (Wildman–Crippen MR) is 173 cm³/mol. The molecule has 0 radical (unpaired) electrons. The van der Waals surface area contributed by atoms with E-state index in [2.05, 4.69) is 28.7 Å². The predicted octanol–water partition coefficient (Wildman–Crippen LogP) is 6.06. The highest BCUT2D eigenvalue weighted by Crippen LogP contribution is 2.45. The van der Waals surface area contributed by atoms with Crippen LogP contribution < -0.4 is 24.0 Å². The molecule has 1 N–H and O–H groups in total. The van der Waals surface area contributed by atoms with E-state index < -0.39 is 5.97 Å². The highest BCUT2D eigenvalue weighted by molar-refractivity contribution is 6.09. The van der Waals surface area contributed by atoms with Crippen LogP contribution in [0.15, 0.2) is 54.9 Å². The summed E-state index contributed by atoms with van der Waals surface area (Å²) < 4.78 is 17.1. The highest BCUT2D eigenvalue weighted by atomic mass is 16.5. The van der Waals surface area contributed by atoms with Crippen molar-refractivity contribution in [1.29, 1.82) is 0 Å². The molecular formula is C35H44N4O6. The molecule has 0 bridgehead atoms. The minimum Gasteiger partial charge on any atom is -0.497 e. The fraction of sp³-hybridized carbons (Fsp3) is 0.486. The second-order valence-electron chi connectivity index (χ2n) is 12.5. The summed E-state index contributed by atoms with van der Waals surface area (Å²) in [5, 5.41) is 9.39. The average Bonchev–Trinajstić information content (AvgIpc) is 3.90. The van der Waals surface area contributed by atoms with E-state index >= 15 is 0 Å². The zero-order valence-electron chi connectivity index (χ0n) is 26.6. The number of pyridine rings is 2. The van der Waals surface area contributed by atoms with E-state index in [-0.39, 0.29) is 24.2 Å². The van der Waals surface area contributed by atoms with Crippen molar-refractivity contribution < 1.29 is 28.9 Å². The highest BCUT2D eigenvalue weighted by Gasteiger charge is 2.34. The maximum absolute atomic E-state index is 14.2. The average molecular weight is 617 g/mol. The Morgan fingerprint density at radius 3 is 2.33 bits per heavy atom. The Morgan fingerprint density at radius 2 is 1.67 bits per heavy atom. The first-order valence-electron chi connectivity index (χ1n) is 15.8. The van der Waals surface area contributed by atoms with E-state index in [1.165, 1.54) is 0 Å². The maximum atomic E-state index is 14.2. The number of rotatable bonds is 14. The molecular weight excluding hydrogens is 572 g/mol. The molecule has 5 rings (SSSR count). The minimum atomic E-state index is -0.775. The Kier molecular flexibility index (Phi) is 10.4. The van der Waals surface area contributed by atoms with Gasteiger partial charge in [-0.05, 0) is 79.2 Å². The zero-order valence-corrected chi connectivity index (χ0v) is 26.6. The lowest BCUT2D eigenvalue weighted by atomic mass is 9.92. The number of aliphatic carboxylic acids is 1. The largest absolute Gasteiger partial charge is 0.497 e. The first kappa shape index (κ1) is 32.1. The molecule has 1 saturated carbocycles. The fourth-order valence-electron chi connectivity index (χ4n) is 6.07. The smallest absolute Gasteiger partial charge is 0.303 e. The van der Waals surface area contributed by atoms with E-state index in [1.54, 1.807) is 43.6 Å². The molecule has 3 aromatic rings. The van der Waals surface area contributed by atoms with E-state index in [0.29, 0.717) is 53.7 Å². The molecule has 1 amide bonds. The molecule has 10 heteroatoms. The van der Waals surface area contributed by atoms with Gasteiger partial charge in [-0.3, -0.25) is 14.5 Å². The number of piperidine rings is 1. The normalized spacial score (nSPS) is 15.9. The van der Waals surface area contributed by atoms with Gasteiger partial charge in [-0.25, -0.2) is 9.97 Å². The van der Waals surface area contributed by atoms with Crippen LogP contribution in [0.5, 0.6) is 17.4 Å². The number of methoxy groups -OCH3 is 2. The number of ether oxygens (including phenoxy) is 3. The van der Waals surface area contributed by atoms with Crippen molar-refractivity contribution >= 4 is 23.4 Å². The van der Waals surface area contributed by atoms with Gasteiger partial charge in [-0.1, -0.05) is 13.8 Å². The molecule has 10 nitrogen and oxygen atoms in total. The number of carbonyl (C=O) groups excluding carboxylic acids is 1. The van der Waals surface area contributed by atoms with Gasteiger partial charge in [0.1, 0.15) is 17.3 Å². The first-order valence-corrected chi connectivity index (χ1v) is 15.8. The van der Waals surface area contributed by atoms with Gasteiger partial charge in [0.2, 0.25) is 5.88 Å². The fourth-order valence-corrected chi connectivity index (χ4v) is 6.07. The van der Waals surface area contributed by atoms with Gasteiger partial charge in [0.15, 0.2) is 0 Å². The number of carboxylic acids is 1. The van der Waals surface area contributed by atoms with Gasteiger partial charge in [0, 0.05) is 50.2 Å². The molecule has 2 aliphatic rings. The van der Waals surface area contributed by atoms with Crippen molar-refractivity contribution in [3.8, 4) is 17.4 Å². The summed E-state index contributed by atoms with van der Waals surface area (Å²) in [6.07, 6.45) is 7.43. The molecule has 1 saturated heterocycles. The number of nitrogens with zero attached hydrogens (tertiary/aromatic N) is 4. The number of hydrogen-bond donors (Lipinski definition) is 1. The third-order valence-electron chi connectivity index (χ3n) is 8.65. The number of benzene rings is 1. The number of anilines is 2. The van der Waals surface area contributed by atoms with Crippen LogP contribution in [0.25, 0.3) is 0 Å². The van der Waals surface area contributed by atoms with E-state index in [4.69, 9.17) is 14.2 Å². The van der Waals surface area contributed by atoms with Gasteiger partial charge in [0.25, 0.3) is 5.91 Å². The van der Waals surface area contributed by atoms with Gasteiger partial charge < -0.3 is 24.2 Å². The summed E-state index contributed by atoms with van der Waals surface area (Å²) in [6.45, 7) is 6.73. The molecule has 45 heavy (non-hydrogen) atoms. The van der Waals surface area contributed by atoms with Crippen LogP contribution >= 0.6 is 0 Å². The van der Waals surface area contributed by atoms with Gasteiger partial charge >= 0.3 is 5.97 Å². The zero-order chi connectivity index (χ0) is 31.9. The van der Waals surface area contributed by atoms with Crippen molar-refractivity contribution in [3.05, 3.63) is 66.0 Å². The molecule has 1 unspecified atom stereocenters. The van der Waals surface area contributed by atoms with E-state index in [9.17, 15) is 14.7 Å². The van der Waals surface area contributed by atoms with Crippen molar-refractivity contribution in [3.63, 3.8) is 0 Å². The van der Waals surface area contributed by atoms with Crippen LogP contribution in [0.4, 0.5) is 11.5 Å². The van der Waals surface area contributed by atoms with Gasteiger partial charge in [-0.2, -0.15) is 0 Å². The third kappa shape index (κ3) is 8.23. The SMILES string of the molecule is COc1ccnc(N(CC(C)C)C(=O)c2ccc(OC)cc2N2CCC(COc3cc(C(CC(=O)O)C4CC4)ccn3)CC2)c1. The summed E-state index contributed by atoms with van der Waals surface area (Å²) in [5.41, 5.74) is 2.43. The van der Waals surface area contributed by atoms with Crippen LogP contribution in [0, 0.1) is 17.8 Å². The summed E-state index contributed by atoms with van der Waals surface area (Å²) >= 11 is 0. The number of carboxylic acid groups (broad SMARTS) is 1. The molecule has 0 spiro atoms. The Bertz CT molecular complexity index is 1470.